The molecule has 0 saturated heterocycles. The number of carbonyl (C=O) groups excluding carboxylic acids is 2. The zero-order chi connectivity index (χ0) is 42.4. The number of ether oxygens (including phenoxy) is 1. The van der Waals surface area contributed by atoms with Crippen LogP contribution in [0.1, 0.15) is 94.1 Å². The molecule has 58 heavy (non-hydrogen) atoms. The summed E-state index contributed by atoms with van der Waals surface area (Å²) in [7, 11) is 2.04. The third-order valence-electron chi connectivity index (χ3n) is 10.9. The number of esters is 1. The highest BCUT2D eigenvalue weighted by atomic mass is 35.5. The number of fused-ring (bicyclic) bond motifs is 2. The van der Waals surface area contributed by atoms with E-state index in [1.165, 1.54) is 11.3 Å². The summed E-state index contributed by atoms with van der Waals surface area (Å²) in [6.45, 7) is 9.65. The number of carboxylic acids is 2. The van der Waals surface area contributed by atoms with Gasteiger partial charge in [0, 0.05) is 52.7 Å². The molecule has 3 aliphatic rings. The van der Waals surface area contributed by atoms with E-state index in [4.69, 9.17) is 26.2 Å². The molecule has 3 aromatic carbocycles. The van der Waals surface area contributed by atoms with Crippen molar-refractivity contribution in [2.75, 3.05) is 18.5 Å². The van der Waals surface area contributed by atoms with Crippen LogP contribution in [-0.4, -0.2) is 53.1 Å². The van der Waals surface area contributed by atoms with Crippen molar-refractivity contribution in [3.63, 3.8) is 0 Å². The molecule has 0 bridgehead atoms. The van der Waals surface area contributed by atoms with Crippen molar-refractivity contribution in [2.24, 2.45) is 5.92 Å². The molecule has 8 nitrogen and oxygen atoms in total. The summed E-state index contributed by atoms with van der Waals surface area (Å²) in [5, 5.41) is 19.2. The van der Waals surface area contributed by atoms with Crippen LogP contribution in [0.25, 0.3) is 0 Å². The Kier molecular flexibility index (Phi) is 13.6. The van der Waals surface area contributed by atoms with Crippen molar-refractivity contribution in [3.05, 3.63) is 130 Å². The smallest absolute Gasteiger partial charge is 0.430 e. The minimum atomic E-state index is -5.19. The highest BCUT2D eigenvalue weighted by Crippen LogP contribution is 2.48. The number of unbranched alkanes of at least 4 members (excludes halogenated alkanes) is 2. The van der Waals surface area contributed by atoms with E-state index in [9.17, 15) is 27.9 Å². The highest BCUT2D eigenvalue weighted by molar-refractivity contribution is 6.30. The lowest BCUT2D eigenvalue weighted by atomic mass is 9.80. The molecule has 0 spiro atoms. The molecule has 2 aliphatic heterocycles. The van der Waals surface area contributed by atoms with Crippen molar-refractivity contribution in [1.82, 2.24) is 0 Å². The molecule has 2 heterocycles. The lowest BCUT2D eigenvalue weighted by molar-refractivity contribution is -0.401. The standard InChI is InChI=1S/C44H47ClN2O4.C2HF3O2/c1-43(2)34-19-11-12-20-37(34)47(28-13-7-10-21-40(48)51-33-17-8-6-9-18-33)39(43)27-24-31-16-14-15-30(41(31)45)23-26-38-44(3,4)35-29-32(42(49)50)22-25-36(35)46(38)5;3-2(4,5)1(6)7/h6,8-9,11-12,17-20,22-26,29,31H,7,10,13-16,21,28H2,1-5H3;(H,6,7)/b26-23+;. The Bertz CT molecular complexity index is 2210. The minimum absolute atomic E-state index is 0.0687. The Morgan fingerprint density at radius 2 is 1.64 bits per heavy atom. The molecule has 0 fully saturated rings. The Morgan fingerprint density at radius 1 is 0.966 bits per heavy atom. The number of carboxylic acid groups (broad SMARTS) is 2. The van der Waals surface area contributed by atoms with Crippen molar-refractivity contribution in [3.8, 4) is 5.75 Å². The van der Waals surface area contributed by atoms with Crippen LogP contribution in [-0.2, 0) is 20.4 Å². The first kappa shape index (κ1) is 43.7. The summed E-state index contributed by atoms with van der Waals surface area (Å²) in [5.74, 6) is -3.46. The van der Waals surface area contributed by atoms with E-state index in [-0.39, 0.29) is 22.7 Å². The van der Waals surface area contributed by atoms with Crippen molar-refractivity contribution < 1.29 is 47.1 Å². The van der Waals surface area contributed by atoms with Crippen LogP contribution < -0.4 is 14.7 Å². The fourth-order valence-electron chi connectivity index (χ4n) is 7.85. The van der Waals surface area contributed by atoms with Gasteiger partial charge in [-0.25, -0.2) is 4.79 Å². The van der Waals surface area contributed by atoms with Gasteiger partial charge >= 0.3 is 18.1 Å². The predicted molar refractivity (Wildman–Crippen MR) is 217 cm³/mol. The SMILES string of the molecule is C[N+]1=C(/C=C/C2=C(Cl)C(C=C=C3N(CCCCCC(=O)Oc4ccccc4)c4ccccc4C3(C)C)CCC2)C(C)(C)c2cc(C(=O)O)ccc21.O=C([O-])C(F)(F)F. The second kappa shape index (κ2) is 18.0. The summed E-state index contributed by atoms with van der Waals surface area (Å²) in [5.41, 5.74) is 11.4. The Balaban J connectivity index is 0.000000839. The third-order valence-corrected chi connectivity index (χ3v) is 11.5. The summed E-state index contributed by atoms with van der Waals surface area (Å²) in [6.07, 6.45) is 7.24. The lowest BCUT2D eigenvalue weighted by Gasteiger charge is -2.26. The van der Waals surface area contributed by atoms with Gasteiger partial charge in [-0.2, -0.15) is 17.7 Å². The largest absolute Gasteiger partial charge is 0.542 e. The van der Waals surface area contributed by atoms with Gasteiger partial charge in [-0.1, -0.05) is 60.5 Å². The number of nitrogens with zero attached hydrogens (tertiary/aromatic N) is 2. The van der Waals surface area contributed by atoms with Gasteiger partial charge in [-0.15, -0.1) is 5.73 Å². The number of alkyl halides is 3. The van der Waals surface area contributed by atoms with E-state index in [0.717, 1.165) is 78.3 Å². The van der Waals surface area contributed by atoms with Crippen LogP contribution in [0.5, 0.6) is 5.75 Å². The summed E-state index contributed by atoms with van der Waals surface area (Å²) >= 11 is 7.17. The van der Waals surface area contributed by atoms with Crippen LogP contribution in [0.3, 0.4) is 0 Å². The van der Waals surface area contributed by atoms with Crippen LogP contribution in [0.4, 0.5) is 24.5 Å². The Labute approximate surface area is 342 Å². The highest BCUT2D eigenvalue weighted by Gasteiger charge is 2.43. The predicted octanol–water partition coefficient (Wildman–Crippen LogP) is 9.54. The van der Waals surface area contributed by atoms with Crippen LogP contribution in [0, 0.1) is 5.92 Å². The molecule has 0 radical (unpaired) electrons. The van der Waals surface area contributed by atoms with Crippen LogP contribution >= 0.6 is 11.6 Å². The first-order chi connectivity index (χ1) is 27.3. The fourth-order valence-corrected chi connectivity index (χ4v) is 8.17. The fraction of sp³-hybridized carbons (Fsp3) is 0.370. The number of allylic oxidation sites excluding steroid dienone is 5. The van der Waals surface area contributed by atoms with Crippen LogP contribution in [0.15, 0.2) is 113 Å². The zero-order valence-electron chi connectivity index (χ0n) is 33.3. The topological polar surface area (TPSA) is 110 Å². The summed E-state index contributed by atoms with van der Waals surface area (Å²) < 4.78 is 39.2. The summed E-state index contributed by atoms with van der Waals surface area (Å²) in [6, 6.07) is 23.2. The van der Waals surface area contributed by atoms with Gasteiger partial charge in [0.1, 0.15) is 18.8 Å². The Hall–Kier alpha value is -5.38. The molecule has 0 aromatic heterocycles. The van der Waals surface area contributed by atoms with E-state index in [2.05, 4.69) is 85.4 Å². The van der Waals surface area contributed by atoms with Crippen molar-refractivity contribution in [1.29, 1.82) is 0 Å². The van der Waals surface area contributed by atoms with E-state index >= 15 is 0 Å². The number of aliphatic carboxylic acids is 1. The number of rotatable bonds is 11. The quantitative estimate of drug-likeness (QED) is 0.0675. The first-order valence-electron chi connectivity index (χ1n) is 19.3. The Morgan fingerprint density at radius 3 is 2.31 bits per heavy atom. The molecule has 1 unspecified atom stereocenters. The number of aromatic carboxylic acids is 1. The molecule has 306 valence electrons. The molecule has 1 N–H and O–H groups in total. The van der Waals surface area contributed by atoms with Gasteiger partial charge in [-0.05, 0) is 107 Å². The van der Waals surface area contributed by atoms with E-state index < -0.39 is 18.1 Å². The second-order valence-electron chi connectivity index (χ2n) is 15.6. The minimum Gasteiger partial charge on any atom is -0.542 e. The number of carbonyl (C=O) groups is 3. The molecule has 0 saturated carbocycles. The number of para-hydroxylation sites is 2. The van der Waals surface area contributed by atoms with Gasteiger partial charge in [-0.3, -0.25) is 4.79 Å². The van der Waals surface area contributed by atoms with Crippen molar-refractivity contribution in [2.45, 2.75) is 89.6 Å². The van der Waals surface area contributed by atoms with Gasteiger partial charge < -0.3 is 24.6 Å². The van der Waals surface area contributed by atoms with Gasteiger partial charge in [0.2, 0.25) is 5.69 Å². The maximum absolute atomic E-state index is 12.4. The number of hydrogen-bond acceptors (Lipinski definition) is 6. The van der Waals surface area contributed by atoms with Crippen molar-refractivity contribution >= 4 is 46.6 Å². The van der Waals surface area contributed by atoms with Gasteiger partial charge in [0.15, 0.2) is 5.71 Å². The van der Waals surface area contributed by atoms with Gasteiger partial charge in [0.05, 0.1) is 16.7 Å². The summed E-state index contributed by atoms with van der Waals surface area (Å²) in [4.78, 5) is 35.2. The maximum Gasteiger partial charge on any atom is 0.430 e. The number of anilines is 1. The molecular formula is C46H48ClF3N2O6. The van der Waals surface area contributed by atoms with Gasteiger partial charge in [0.25, 0.3) is 0 Å². The molecular weight excluding hydrogens is 769 g/mol. The second-order valence-corrected chi connectivity index (χ2v) is 16.1. The van der Waals surface area contributed by atoms with E-state index in [1.54, 1.807) is 24.3 Å². The number of hydrogen-bond donors (Lipinski definition) is 1. The molecule has 12 heteroatoms. The van der Waals surface area contributed by atoms with Crippen LogP contribution in [0.2, 0.25) is 0 Å². The lowest BCUT2D eigenvalue weighted by Crippen LogP contribution is -2.37. The molecule has 0 amide bonds. The first-order valence-corrected chi connectivity index (χ1v) is 19.7. The normalized spacial score (nSPS) is 18.0. The molecule has 3 aromatic rings. The number of halogens is 4. The maximum atomic E-state index is 12.4. The molecule has 1 atom stereocenters. The molecule has 6 rings (SSSR count). The van der Waals surface area contributed by atoms with E-state index in [0.29, 0.717) is 17.7 Å². The van der Waals surface area contributed by atoms with E-state index in [1.807, 2.05) is 31.3 Å². The average molecular weight is 817 g/mol. The number of benzene rings is 3. The third kappa shape index (κ3) is 9.83. The monoisotopic (exact) mass is 816 g/mol. The average Bonchev–Trinajstić information content (AvgIpc) is 3.50. The molecule has 1 aliphatic carbocycles. The zero-order valence-corrected chi connectivity index (χ0v) is 34.0.